The van der Waals surface area contributed by atoms with Gasteiger partial charge in [-0.05, 0) is 55.2 Å². The number of ether oxygens (including phenoxy) is 2. The molecule has 0 radical (unpaired) electrons. The normalized spacial score (nSPS) is 16.1. The van der Waals surface area contributed by atoms with Crippen LogP contribution in [0.1, 0.15) is 49.8 Å². The third kappa shape index (κ3) is 4.70. The summed E-state index contributed by atoms with van der Waals surface area (Å²) in [5.74, 6) is 0.287. The lowest BCUT2D eigenvalue weighted by atomic mass is 9.77. The molecular weight excluding hydrogens is 370 g/mol. The van der Waals surface area contributed by atoms with Crippen LogP contribution in [0.25, 0.3) is 0 Å². The van der Waals surface area contributed by atoms with Crippen molar-refractivity contribution < 1.29 is 24.2 Å². The van der Waals surface area contributed by atoms with Crippen LogP contribution in [-0.4, -0.2) is 30.7 Å². The second-order valence-electron chi connectivity index (χ2n) is 7.46. The minimum absolute atomic E-state index is 0.0406. The maximum atomic E-state index is 13.3. The number of rotatable bonds is 8. The zero-order chi connectivity index (χ0) is 20.9. The second-order valence-corrected chi connectivity index (χ2v) is 7.46. The largest absolute Gasteiger partial charge is 0.497 e. The molecule has 0 spiro atoms. The van der Waals surface area contributed by atoms with Crippen LogP contribution < -0.4 is 14.8 Å². The van der Waals surface area contributed by atoms with Gasteiger partial charge in [-0.1, -0.05) is 37.1 Å². The Balaban J connectivity index is 1.71. The lowest BCUT2D eigenvalue weighted by Gasteiger charge is -2.30. The maximum absolute atomic E-state index is 13.3. The predicted octanol–water partition coefficient (Wildman–Crippen LogP) is 3.85. The SMILES string of the molecule is COc1ccc(C2(C(=O)NC(C)c3ccc(OCC(=O)O)cc3)CCCC2)cc1. The Morgan fingerprint density at radius 2 is 1.62 bits per heavy atom. The van der Waals surface area contributed by atoms with Gasteiger partial charge in [0.25, 0.3) is 0 Å². The van der Waals surface area contributed by atoms with E-state index in [1.807, 2.05) is 43.3 Å². The van der Waals surface area contributed by atoms with Crippen molar-refractivity contribution in [3.05, 3.63) is 59.7 Å². The fraction of sp³-hybridized carbons (Fsp3) is 0.391. The van der Waals surface area contributed by atoms with Gasteiger partial charge in [0.1, 0.15) is 11.5 Å². The summed E-state index contributed by atoms with van der Waals surface area (Å²) >= 11 is 0. The number of amides is 1. The molecule has 0 aliphatic heterocycles. The van der Waals surface area contributed by atoms with Gasteiger partial charge in [-0.2, -0.15) is 0 Å². The van der Waals surface area contributed by atoms with E-state index in [0.717, 1.165) is 42.6 Å². The number of methoxy groups -OCH3 is 1. The van der Waals surface area contributed by atoms with E-state index in [2.05, 4.69) is 5.32 Å². The Kier molecular flexibility index (Phi) is 6.42. The van der Waals surface area contributed by atoms with E-state index in [0.29, 0.717) is 5.75 Å². The van der Waals surface area contributed by atoms with Crippen LogP contribution in [0.4, 0.5) is 0 Å². The molecular formula is C23H27NO5. The van der Waals surface area contributed by atoms with Crippen LogP contribution in [0.15, 0.2) is 48.5 Å². The topological polar surface area (TPSA) is 84.9 Å². The molecule has 2 aromatic carbocycles. The number of hydrogen-bond donors (Lipinski definition) is 2. The third-order valence-electron chi connectivity index (χ3n) is 5.62. The van der Waals surface area contributed by atoms with Gasteiger partial charge < -0.3 is 19.9 Å². The van der Waals surface area contributed by atoms with Crippen LogP contribution in [0.3, 0.4) is 0 Å². The monoisotopic (exact) mass is 397 g/mol. The van der Waals surface area contributed by atoms with Gasteiger partial charge >= 0.3 is 5.97 Å². The number of carboxylic acids is 1. The number of carboxylic acid groups (broad SMARTS) is 1. The van der Waals surface area contributed by atoms with Crippen molar-refractivity contribution in [2.24, 2.45) is 0 Å². The van der Waals surface area contributed by atoms with E-state index in [9.17, 15) is 9.59 Å². The van der Waals surface area contributed by atoms with Crippen LogP contribution in [0.2, 0.25) is 0 Å². The van der Waals surface area contributed by atoms with Gasteiger partial charge in [0.05, 0.1) is 18.6 Å². The van der Waals surface area contributed by atoms with Crippen molar-refractivity contribution >= 4 is 11.9 Å². The molecule has 6 nitrogen and oxygen atoms in total. The standard InChI is InChI=1S/C23H27NO5/c1-16(17-5-9-20(10-6-17)29-15-21(25)26)24-22(27)23(13-3-4-14-23)18-7-11-19(28-2)12-8-18/h5-12,16H,3-4,13-15H2,1-2H3,(H,24,27)(H,25,26). The molecule has 2 N–H and O–H groups in total. The quantitative estimate of drug-likeness (QED) is 0.707. The van der Waals surface area contributed by atoms with Crippen LogP contribution in [0, 0.1) is 0 Å². The maximum Gasteiger partial charge on any atom is 0.341 e. The van der Waals surface area contributed by atoms with Gasteiger partial charge in [0, 0.05) is 0 Å². The lowest BCUT2D eigenvalue weighted by Crippen LogP contribution is -2.43. The molecule has 1 aliphatic rings. The van der Waals surface area contributed by atoms with E-state index in [1.165, 1.54) is 0 Å². The molecule has 0 aromatic heterocycles. The van der Waals surface area contributed by atoms with E-state index in [4.69, 9.17) is 14.6 Å². The minimum Gasteiger partial charge on any atom is -0.497 e. The molecule has 3 rings (SSSR count). The molecule has 1 amide bonds. The summed E-state index contributed by atoms with van der Waals surface area (Å²) < 4.78 is 10.4. The second kappa shape index (κ2) is 8.99. The summed E-state index contributed by atoms with van der Waals surface area (Å²) in [6, 6.07) is 14.7. The molecule has 0 saturated heterocycles. The number of carbonyl (C=O) groups excluding carboxylic acids is 1. The smallest absolute Gasteiger partial charge is 0.341 e. The molecule has 1 aliphatic carbocycles. The Labute approximate surface area is 170 Å². The Bertz CT molecular complexity index is 839. The Morgan fingerprint density at radius 1 is 1.03 bits per heavy atom. The zero-order valence-electron chi connectivity index (χ0n) is 16.8. The zero-order valence-corrected chi connectivity index (χ0v) is 16.8. The highest BCUT2D eigenvalue weighted by Gasteiger charge is 2.43. The first kappa shape index (κ1) is 20.7. The Hall–Kier alpha value is -3.02. The molecule has 29 heavy (non-hydrogen) atoms. The molecule has 6 heteroatoms. The van der Waals surface area contributed by atoms with E-state index >= 15 is 0 Å². The van der Waals surface area contributed by atoms with Crippen molar-refractivity contribution in [3.63, 3.8) is 0 Å². The number of aliphatic carboxylic acids is 1. The van der Waals surface area contributed by atoms with E-state index < -0.39 is 11.4 Å². The summed E-state index contributed by atoms with van der Waals surface area (Å²) in [5, 5.41) is 11.9. The van der Waals surface area contributed by atoms with Crippen molar-refractivity contribution in [1.29, 1.82) is 0 Å². The molecule has 0 heterocycles. The van der Waals surface area contributed by atoms with E-state index in [1.54, 1.807) is 19.2 Å². The highest BCUT2D eigenvalue weighted by molar-refractivity contribution is 5.89. The molecule has 2 aromatic rings. The van der Waals surface area contributed by atoms with Crippen molar-refractivity contribution in [3.8, 4) is 11.5 Å². The lowest BCUT2D eigenvalue weighted by molar-refractivity contribution is -0.139. The molecule has 1 fully saturated rings. The first-order valence-electron chi connectivity index (χ1n) is 9.85. The predicted molar refractivity (Wildman–Crippen MR) is 109 cm³/mol. The van der Waals surface area contributed by atoms with Gasteiger partial charge in [-0.3, -0.25) is 4.79 Å². The third-order valence-corrected chi connectivity index (χ3v) is 5.62. The van der Waals surface area contributed by atoms with Crippen LogP contribution in [0.5, 0.6) is 11.5 Å². The number of carbonyl (C=O) groups is 2. The number of benzene rings is 2. The summed E-state index contributed by atoms with van der Waals surface area (Å²) in [7, 11) is 1.63. The first-order chi connectivity index (χ1) is 13.9. The summed E-state index contributed by atoms with van der Waals surface area (Å²) in [5.41, 5.74) is 1.45. The number of hydrogen-bond acceptors (Lipinski definition) is 4. The molecule has 0 bridgehead atoms. The average molecular weight is 397 g/mol. The fourth-order valence-electron chi connectivity index (χ4n) is 3.95. The minimum atomic E-state index is -1.02. The van der Waals surface area contributed by atoms with Crippen LogP contribution >= 0.6 is 0 Å². The van der Waals surface area contributed by atoms with Crippen molar-refractivity contribution in [2.45, 2.75) is 44.1 Å². The molecule has 1 saturated carbocycles. The fourth-order valence-corrected chi connectivity index (χ4v) is 3.95. The summed E-state index contributed by atoms with van der Waals surface area (Å²) in [4.78, 5) is 23.9. The molecule has 1 atom stereocenters. The Morgan fingerprint density at radius 3 is 2.17 bits per heavy atom. The summed E-state index contributed by atoms with van der Waals surface area (Å²) in [6.45, 7) is 1.57. The summed E-state index contributed by atoms with van der Waals surface area (Å²) in [6.07, 6.45) is 3.73. The first-order valence-corrected chi connectivity index (χ1v) is 9.85. The number of nitrogens with one attached hydrogen (secondary N) is 1. The van der Waals surface area contributed by atoms with Gasteiger partial charge in [0.2, 0.25) is 5.91 Å². The average Bonchev–Trinajstić information content (AvgIpc) is 3.24. The van der Waals surface area contributed by atoms with Crippen molar-refractivity contribution in [1.82, 2.24) is 5.32 Å². The molecule has 1 unspecified atom stereocenters. The van der Waals surface area contributed by atoms with E-state index in [-0.39, 0.29) is 18.6 Å². The highest BCUT2D eigenvalue weighted by Crippen LogP contribution is 2.42. The van der Waals surface area contributed by atoms with Gasteiger partial charge in [-0.15, -0.1) is 0 Å². The highest BCUT2D eigenvalue weighted by atomic mass is 16.5. The molecule has 154 valence electrons. The van der Waals surface area contributed by atoms with Crippen LogP contribution in [-0.2, 0) is 15.0 Å². The van der Waals surface area contributed by atoms with Gasteiger partial charge in [-0.25, -0.2) is 4.79 Å². The van der Waals surface area contributed by atoms with Crippen molar-refractivity contribution in [2.75, 3.05) is 13.7 Å². The van der Waals surface area contributed by atoms with Gasteiger partial charge in [0.15, 0.2) is 6.61 Å².